The Morgan fingerprint density at radius 2 is 1.77 bits per heavy atom. The van der Waals surface area contributed by atoms with E-state index in [0.717, 1.165) is 24.3 Å². The molecular formula is C18H12F6N2O4. The molecule has 1 amide bonds. The summed E-state index contributed by atoms with van der Waals surface area (Å²) in [6.45, 7) is 0. The second-order valence-corrected chi connectivity index (χ2v) is 5.74. The Hall–Kier alpha value is -3.57. The number of nitro groups is 1. The van der Waals surface area contributed by atoms with Crippen LogP contribution in [0.3, 0.4) is 0 Å². The van der Waals surface area contributed by atoms with Crippen LogP contribution in [0.2, 0.25) is 0 Å². The lowest BCUT2D eigenvalue weighted by atomic mass is 10.2. The fourth-order valence-electron chi connectivity index (χ4n) is 2.14. The lowest BCUT2D eigenvalue weighted by molar-refractivity contribution is -0.384. The molecule has 2 aromatic carbocycles. The van der Waals surface area contributed by atoms with Crippen molar-refractivity contribution < 1.29 is 40.8 Å². The number of amides is 1. The van der Waals surface area contributed by atoms with Crippen molar-refractivity contribution in [3.05, 3.63) is 70.3 Å². The summed E-state index contributed by atoms with van der Waals surface area (Å²) in [6, 6.07) is 9.47. The molecule has 0 bridgehead atoms. The molecule has 0 saturated heterocycles. The number of halogens is 6. The fraction of sp³-hybridized carbons (Fsp3) is 0.167. The highest BCUT2D eigenvalue weighted by Gasteiger charge is 2.59. The third kappa shape index (κ3) is 5.96. The Morgan fingerprint density at radius 1 is 1.10 bits per heavy atom. The number of alkyl halides is 6. The topological polar surface area (TPSA) is 81.5 Å². The monoisotopic (exact) mass is 434 g/mol. The number of nitrogens with one attached hydrogen (secondary N) is 1. The third-order valence-corrected chi connectivity index (χ3v) is 3.48. The molecule has 160 valence electrons. The first-order chi connectivity index (χ1) is 13.9. The number of non-ortho nitro benzene ring substituents is 1. The van der Waals surface area contributed by atoms with Gasteiger partial charge in [-0.25, -0.2) is 4.39 Å². The van der Waals surface area contributed by atoms with Crippen molar-refractivity contribution in [2.45, 2.75) is 18.5 Å². The third-order valence-electron chi connectivity index (χ3n) is 3.48. The van der Waals surface area contributed by atoms with Gasteiger partial charge in [0.05, 0.1) is 10.6 Å². The van der Waals surface area contributed by atoms with E-state index in [9.17, 15) is 41.3 Å². The van der Waals surface area contributed by atoms with Crippen LogP contribution >= 0.6 is 0 Å². The van der Waals surface area contributed by atoms with Gasteiger partial charge >= 0.3 is 12.3 Å². The van der Waals surface area contributed by atoms with Crippen LogP contribution in [0, 0.1) is 10.1 Å². The van der Waals surface area contributed by atoms with Gasteiger partial charge in [-0.2, -0.15) is 22.0 Å². The maximum Gasteiger partial charge on any atom is 0.439 e. The molecule has 2 rings (SSSR count). The van der Waals surface area contributed by atoms with Crippen molar-refractivity contribution in [2.24, 2.45) is 0 Å². The largest absolute Gasteiger partial charge is 0.439 e. The van der Waals surface area contributed by atoms with E-state index in [0.29, 0.717) is 0 Å². The standard InChI is InChI=1S/C18H12F6N2O4/c19-16(17(20,21)22)18(23,24)30-14-7-2-1-6-13(14)25-15(27)9-8-11-4-3-5-12(10-11)26(28)29/h1-10,16H,(H,25,27). The predicted molar refractivity (Wildman–Crippen MR) is 93.7 cm³/mol. The molecule has 1 unspecified atom stereocenters. The molecule has 1 N–H and O–H groups in total. The molecule has 0 aliphatic rings. The molecule has 0 aliphatic carbocycles. The Labute approximate surface area is 164 Å². The van der Waals surface area contributed by atoms with Crippen LogP contribution in [-0.2, 0) is 4.79 Å². The van der Waals surface area contributed by atoms with Crippen LogP contribution in [0.15, 0.2) is 54.6 Å². The van der Waals surface area contributed by atoms with Crippen molar-refractivity contribution in [3.8, 4) is 5.75 Å². The minimum Gasteiger partial charge on any atom is -0.428 e. The minimum atomic E-state index is -5.86. The quantitative estimate of drug-likeness (QED) is 0.284. The Kier molecular flexibility index (Phi) is 6.70. The van der Waals surface area contributed by atoms with Gasteiger partial charge in [0.25, 0.3) is 11.9 Å². The number of carbonyl (C=O) groups is 1. The van der Waals surface area contributed by atoms with Gasteiger partial charge in [-0.15, -0.1) is 0 Å². The highest BCUT2D eigenvalue weighted by molar-refractivity contribution is 6.02. The van der Waals surface area contributed by atoms with Crippen LogP contribution in [0.4, 0.5) is 37.7 Å². The lowest BCUT2D eigenvalue weighted by Crippen LogP contribution is -2.45. The first kappa shape index (κ1) is 22.7. The van der Waals surface area contributed by atoms with Crippen LogP contribution in [0.5, 0.6) is 5.75 Å². The van der Waals surface area contributed by atoms with Gasteiger partial charge in [0.15, 0.2) is 0 Å². The summed E-state index contributed by atoms with van der Waals surface area (Å²) in [4.78, 5) is 22.1. The van der Waals surface area contributed by atoms with Crippen molar-refractivity contribution in [1.29, 1.82) is 0 Å². The number of benzene rings is 2. The molecule has 6 nitrogen and oxygen atoms in total. The van der Waals surface area contributed by atoms with Crippen LogP contribution in [0.25, 0.3) is 6.08 Å². The van der Waals surface area contributed by atoms with Gasteiger partial charge in [-0.3, -0.25) is 14.9 Å². The number of hydrogen-bond donors (Lipinski definition) is 1. The summed E-state index contributed by atoms with van der Waals surface area (Å²) in [7, 11) is 0. The van der Waals surface area contributed by atoms with E-state index in [1.807, 2.05) is 0 Å². The molecule has 0 fully saturated rings. The molecule has 0 aliphatic heterocycles. The molecule has 12 heteroatoms. The number of para-hydroxylation sites is 2. The molecule has 0 heterocycles. The maximum absolute atomic E-state index is 13.5. The predicted octanol–water partition coefficient (Wildman–Crippen LogP) is 5.12. The smallest absolute Gasteiger partial charge is 0.428 e. The number of anilines is 1. The molecule has 2 aromatic rings. The second-order valence-electron chi connectivity index (χ2n) is 5.74. The average Bonchev–Trinajstić information content (AvgIpc) is 2.66. The van der Waals surface area contributed by atoms with E-state index < -0.39 is 40.7 Å². The zero-order chi connectivity index (χ0) is 22.5. The maximum atomic E-state index is 13.5. The number of nitro benzene ring substituents is 1. The summed E-state index contributed by atoms with van der Waals surface area (Å²) in [5, 5.41) is 12.8. The van der Waals surface area contributed by atoms with E-state index in [1.54, 1.807) is 0 Å². The Balaban J connectivity index is 2.15. The molecule has 0 radical (unpaired) electrons. The highest BCUT2D eigenvalue weighted by Crippen LogP contribution is 2.38. The summed E-state index contributed by atoms with van der Waals surface area (Å²) in [5.74, 6) is -1.81. The zero-order valence-corrected chi connectivity index (χ0v) is 14.7. The molecule has 30 heavy (non-hydrogen) atoms. The highest BCUT2D eigenvalue weighted by atomic mass is 19.4. The van der Waals surface area contributed by atoms with Crippen LogP contribution in [-0.4, -0.2) is 29.3 Å². The first-order valence-electron chi connectivity index (χ1n) is 8.00. The van der Waals surface area contributed by atoms with Gasteiger partial charge in [0.2, 0.25) is 5.91 Å². The van der Waals surface area contributed by atoms with E-state index in [4.69, 9.17) is 0 Å². The van der Waals surface area contributed by atoms with E-state index >= 15 is 0 Å². The molecular weight excluding hydrogens is 422 g/mol. The van der Waals surface area contributed by atoms with E-state index in [1.165, 1.54) is 36.4 Å². The summed E-state index contributed by atoms with van der Waals surface area (Å²) < 4.78 is 80.6. The number of hydrogen-bond acceptors (Lipinski definition) is 4. The van der Waals surface area contributed by atoms with Gasteiger partial charge in [0.1, 0.15) is 5.75 Å². The van der Waals surface area contributed by atoms with Crippen molar-refractivity contribution in [1.82, 2.24) is 0 Å². The second kappa shape index (κ2) is 8.84. The van der Waals surface area contributed by atoms with E-state index in [-0.39, 0.29) is 11.3 Å². The average molecular weight is 434 g/mol. The van der Waals surface area contributed by atoms with Crippen molar-refractivity contribution in [3.63, 3.8) is 0 Å². The minimum absolute atomic E-state index is 0.232. The van der Waals surface area contributed by atoms with E-state index in [2.05, 4.69) is 10.1 Å². The number of carbonyl (C=O) groups excluding carboxylic acids is 1. The molecule has 0 aromatic heterocycles. The van der Waals surface area contributed by atoms with Gasteiger partial charge < -0.3 is 10.1 Å². The fourth-order valence-corrected chi connectivity index (χ4v) is 2.14. The molecule has 0 spiro atoms. The zero-order valence-electron chi connectivity index (χ0n) is 14.7. The SMILES string of the molecule is O=C(C=Cc1cccc([N+](=O)[O-])c1)Nc1ccccc1OC(F)(F)C(F)C(F)(F)F. The van der Waals surface area contributed by atoms with Crippen LogP contribution in [0.1, 0.15) is 5.56 Å². The summed E-state index contributed by atoms with van der Waals surface area (Å²) in [6.07, 6.45) is -13.6. The Morgan fingerprint density at radius 3 is 2.40 bits per heavy atom. The lowest BCUT2D eigenvalue weighted by Gasteiger charge is -2.24. The van der Waals surface area contributed by atoms with Crippen LogP contribution < -0.4 is 10.1 Å². The van der Waals surface area contributed by atoms with Crippen molar-refractivity contribution >= 4 is 23.4 Å². The normalized spacial score (nSPS) is 13.1. The first-order valence-corrected chi connectivity index (χ1v) is 8.00. The summed E-state index contributed by atoms with van der Waals surface area (Å²) in [5.41, 5.74) is -0.398. The molecule has 1 atom stereocenters. The van der Waals surface area contributed by atoms with Crippen molar-refractivity contribution in [2.75, 3.05) is 5.32 Å². The number of ether oxygens (including phenoxy) is 1. The molecule has 0 saturated carbocycles. The van der Waals surface area contributed by atoms with Gasteiger partial charge in [0, 0.05) is 18.2 Å². The Bertz CT molecular complexity index is 962. The number of rotatable bonds is 7. The number of nitrogens with zero attached hydrogens (tertiary/aromatic N) is 1. The van der Waals surface area contributed by atoms with Gasteiger partial charge in [-0.05, 0) is 23.8 Å². The van der Waals surface area contributed by atoms with Gasteiger partial charge in [-0.1, -0.05) is 24.3 Å². The summed E-state index contributed by atoms with van der Waals surface area (Å²) >= 11 is 0.